The van der Waals surface area contributed by atoms with Crippen molar-refractivity contribution in [3.63, 3.8) is 0 Å². The lowest BCUT2D eigenvalue weighted by atomic mass is 9.86. The average molecular weight is 212 g/mol. The summed E-state index contributed by atoms with van der Waals surface area (Å²) in [6.07, 6.45) is 3.57. The quantitative estimate of drug-likeness (QED) is 0.759. The van der Waals surface area contributed by atoms with E-state index in [-0.39, 0.29) is 5.69 Å². The monoisotopic (exact) mass is 212 g/mol. The number of hydrogen-bond donors (Lipinski definition) is 1. The molecule has 0 saturated heterocycles. The van der Waals surface area contributed by atoms with E-state index in [1.54, 1.807) is 0 Å². The number of nitrogens with zero attached hydrogens (tertiary/aromatic N) is 1. The lowest BCUT2D eigenvalue weighted by Crippen LogP contribution is -2.09. The Balaban J connectivity index is 2.24. The van der Waals surface area contributed by atoms with E-state index in [4.69, 9.17) is 5.73 Å². The SMILES string of the molecule is COC(=O)c1nc(C2CCC2)sc1N. The summed E-state index contributed by atoms with van der Waals surface area (Å²) < 4.78 is 4.59. The summed E-state index contributed by atoms with van der Waals surface area (Å²) in [4.78, 5) is 15.4. The Hall–Kier alpha value is -1.10. The lowest BCUT2D eigenvalue weighted by Gasteiger charge is -2.22. The summed E-state index contributed by atoms with van der Waals surface area (Å²) in [7, 11) is 1.34. The summed E-state index contributed by atoms with van der Waals surface area (Å²) in [6, 6.07) is 0. The number of nitrogen functional groups attached to an aromatic ring is 1. The van der Waals surface area contributed by atoms with Crippen molar-refractivity contribution in [2.24, 2.45) is 0 Å². The highest BCUT2D eigenvalue weighted by molar-refractivity contribution is 7.16. The molecule has 0 unspecified atom stereocenters. The molecule has 1 aliphatic carbocycles. The van der Waals surface area contributed by atoms with Crippen LogP contribution in [-0.4, -0.2) is 18.1 Å². The highest BCUT2D eigenvalue weighted by Gasteiger charge is 2.26. The standard InChI is InChI=1S/C9H12N2O2S/c1-13-9(12)6-7(10)14-8(11-6)5-3-2-4-5/h5H,2-4,10H2,1H3. The first-order valence-corrected chi connectivity index (χ1v) is 5.38. The Bertz CT molecular complexity index is 358. The molecule has 2 N–H and O–H groups in total. The molecular weight excluding hydrogens is 200 g/mol. The van der Waals surface area contributed by atoms with Crippen molar-refractivity contribution < 1.29 is 9.53 Å². The molecule has 5 heteroatoms. The molecule has 1 heterocycles. The molecule has 0 aliphatic heterocycles. The smallest absolute Gasteiger partial charge is 0.359 e. The maximum Gasteiger partial charge on any atom is 0.359 e. The molecule has 0 bridgehead atoms. The van der Waals surface area contributed by atoms with Crippen LogP contribution >= 0.6 is 11.3 Å². The molecule has 1 fully saturated rings. The second-order valence-electron chi connectivity index (χ2n) is 3.38. The van der Waals surface area contributed by atoms with Gasteiger partial charge < -0.3 is 10.5 Å². The van der Waals surface area contributed by atoms with Gasteiger partial charge in [0.15, 0.2) is 5.69 Å². The second-order valence-corrected chi connectivity index (χ2v) is 4.45. The third-order valence-corrected chi connectivity index (χ3v) is 3.55. The number of hydrogen-bond acceptors (Lipinski definition) is 5. The summed E-state index contributed by atoms with van der Waals surface area (Å²) in [5, 5.41) is 1.45. The Labute approximate surface area is 86.1 Å². The van der Waals surface area contributed by atoms with Crippen LogP contribution in [0.2, 0.25) is 0 Å². The number of methoxy groups -OCH3 is 1. The van der Waals surface area contributed by atoms with Crippen LogP contribution in [0, 0.1) is 0 Å². The number of nitrogens with two attached hydrogens (primary N) is 1. The molecule has 0 atom stereocenters. The third-order valence-electron chi connectivity index (χ3n) is 2.50. The molecule has 2 rings (SSSR count). The van der Waals surface area contributed by atoms with Gasteiger partial charge in [-0.25, -0.2) is 9.78 Å². The maximum atomic E-state index is 11.2. The molecule has 1 aromatic rings. The number of carbonyl (C=O) groups excluding carboxylic acids is 1. The zero-order chi connectivity index (χ0) is 10.1. The average Bonchev–Trinajstić information content (AvgIpc) is 2.43. The van der Waals surface area contributed by atoms with Crippen LogP contribution in [-0.2, 0) is 4.74 Å². The van der Waals surface area contributed by atoms with E-state index in [1.807, 2.05) is 0 Å². The largest absolute Gasteiger partial charge is 0.464 e. The molecule has 0 spiro atoms. The molecule has 0 amide bonds. The van der Waals surface area contributed by atoms with Crippen molar-refractivity contribution in [2.75, 3.05) is 12.8 Å². The van der Waals surface area contributed by atoms with Gasteiger partial charge in [-0.2, -0.15) is 0 Å². The number of anilines is 1. The van der Waals surface area contributed by atoms with Gasteiger partial charge in [0.25, 0.3) is 0 Å². The third kappa shape index (κ3) is 1.48. The number of esters is 1. The van der Waals surface area contributed by atoms with E-state index in [9.17, 15) is 4.79 Å². The minimum atomic E-state index is -0.440. The van der Waals surface area contributed by atoms with Crippen molar-refractivity contribution in [3.05, 3.63) is 10.7 Å². The van der Waals surface area contributed by atoms with Gasteiger partial charge in [-0.1, -0.05) is 6.42 Å². The number of rotatable bonds is 2. The zero-order valence-electron chi connectivity index (χ0n) is 7.95. The van der Waals surface area contributed by atoms with Crippen molar-refractivity contribution in [1.82, 2.24) is 4.98 Å². The summed E-state index contributed by atoms with van der Waals surface area (Å²) >= 11 is 1.41. The Morgan fingerprint density at radius 1 is 1.64 bits per heavy atom. The predicted molar refractivity (Wildman–Crippen MR) is 54.5 cm³/mol. The maximum absolute atomic E-state index is 11.2. The molecule has 4 nitrogen and oxygen atoms in total. The first-order chi connectivity index (χ1) is 6.72. The highest BCUT2D eigenvalue weighted by Crippen LogP contribution is 2.39. The number of aromatic nitrogens is 1. The molecule has 76 valence electrons. The molecule has 1 aliphatic rings. The normalized spacial score (nSPS) is 16.4. The van der Waals surface area contributed by atoms with Crippen LogP contribution in [0.5, 0.6) is 0 Å². The van der Waals surface area contributed by atoms with E-state index >= 15 is 0 Å². The van der Waals surface area contributed by atoms with Gasteiger partial charge in [0, 0.05) is 5.92 Å². The number of carbonyl (C=O) groups is 1. The van der Waals surface area contributed by atoms with E-state index in [0.29, 0.717) is 10.9 Å². The van der Waals surface area contributed by atoms with Gasteiger partial charge in [0.1, 0.15) is 5.00 Å². The first kappa shape index (κ1) is 9.45. The summed E-state index contributed by atoms with van der Waals surface area (Å²) in [5.74, 6) is 0.0741. The van der Waals surface area contributed by atoms with Gasteiger partial charge in [0.2, 0.25) is 0 Å². The van der Waals surface area contributed by atoms with Gasteiger partial charge in [-0.05, 0) is 12.8 Å². The highest BCUT2D eigenvalue weighted by atomic mass is 32.1. The topological polar surface area (TPSA) is 65.2 Å². The Morgan fingerprint density at radius 2 is 2.36 bits per heavy atom. The molecule has 1 saturated carbocycles. The first-order valence-electron chi connectivity index (χ1n) is 4.57. The van der Waals surface area contributed by atoms with Gasteiger partial charge in [-0.15, -0.1) is 11.3 Å². The number of ether oxygens (including phenoxy) is 1. The van der Waals surface area contributed by atoms with E-state index in [1.165, 1.54) is 24.9 Å². The fraction of sp³-hybridized carbons (Fsp3) is 0.556. The minimum Gasteiger partial charge on any atom is -0.464 e. The van der Waals surface area contributed by atoms with Gasteiger partial charge in [0.05, 0.1) is 12.1 Å². The fourth-order valence-electron chi connectivity index (χ4n) is 1.42. The van der Waals surface area contributed by atoms with Crippen LogP contribution in [0.15, 0.2) is 0 Å². The van der Waals surface area contributed by atoms with Crippen molar-refractivity contribution >= 4 is 22.3 Å². The van der Waals surface area contributed by atoms with Crippen LogP contribution in [0.25, 0.3) is 0 Å². The van der Waals surface area contributed by atoms with E-state index in [2.05, 4.69) is 9.72 Å². The fourth-order valence-corrected chi connectivity index (χ4v) is 2.41. The van der Waals surface area contributed by atoms with E-state index < -0.39 is 5.97 Å². The summed E-state index contributed by atoms with van der Waals surface area (Å²) in [6.45, 7) is 0. The second kappa shape index (κ2) is 3.57. The molecule has 0 aromatic carbocycles. The van der Waals surface area contributed by atoms with Crippen molar-refractivity contribution in [2.45, 2.75) is 25.2 Å². The molecule has 14 heavy (non-hydrogen) atoms. The minimum absolute atomic E-state index is 0.277. The van der Waals surface area contributed by atoms with Crippen molar-refractivity contribution in [1.29, 1.82) is 0 Å². The Kier molecular flexibility index (Phi) is 2.41. The lowest BCUT2D eigenvalue weighted by molar-refractivity contribution is 0.0596. The van der Waals surface area contributed by atoms with Crippen LogP contribution in [0.4, 0.5) is 5.00 Å². The molecular formula is C9H12N2O2S. The molecule has 0 radical (unpaired) electrons. The van der Waals surface area contributed by atoms with Gasteiger partial charge >= 0.3 is 5.97 Å². The predicted octanol–water partition coefficient (Wildman–Crippen LogP) is 1.78. The van der Waals surface area contributed by atoms with Gasteiger partial charge in [-0.3, -0.25) is 0 Å². The van der Waals surface area contributed by atoms with E-state index in [0.717, 1.165) is 17.8 Å². The molecule has 1 aromatic heterocycles. The zero-order valence-corrected chi connectivity index (χ0v) is 8.76. The Morgan fingerprint density at radius 3 is 2.86 bits per heavy atom. The van der Waals surface area contributed by atoms with Crippen molar-refractivity contribution in [3.8, 4) is 0 Å². The van der Waals surface area contributed by atoms with Crippen LogP contribution in [0.1, 0.15) is 40.7 Å². The van der Waals surface area contributed by atoms with Crippen LogP contribution < -0.4 is 5.73 Å². The number of thiazole rings is 1. The summed E-state index contributed by atoms with van der Waals surface area (Å²) in [5.41, 5.74) is 5.97. The van der Waals surface area contributed by atoms with Crippen LogP contribution in [0.3, 0.4) is 0 Å².